The second-order valence-corrected chi connectivity index (χ2v) is 4.92. The monoisotopic (exact) mass is 282 g/mol. The Morgan fingerprint density at radius 1 is 1.29 bits per heavy atom. The van der Waals surface area contributed by atoms with Crippen LogP contribution < -0.4 is 5.32 Å². The van der Waals surface area contributed by atoms with E-state index in [-0.39, 0.29) is 17.4 Å². The minimum Gasteiger partial charge on any atom is -0.508 e. The number of aliphatic hydroxyl groups is 1. The van der Waals surface area contributed by atoms with E-state index < -0.39 is 0 Å². The summed E-state index contributed by atoms with van der Waals surface area (Å²) in [5.41, 5.74) is 3.77. The van der Waals surface area contributed by atoms with Gasteiger partial charge in [0.1, 0.15) is 11.5 Å². The molecule has 0 atom stereocenters. The molecule has 0 unspecified atom stereocenters. The van der Waals surface area contributed by atoms with E-state index in [1.54, 1.807) is 13.1 Å². The van der Waals surface area contributed by atoms with Gasteiger partial charge in [0, 0.05) is 24.7 Å². The standard InChI is InChI=1S/C17H18N2O2/c1-11-4-6-13(7-5-11)8-15-9-14(12(2)20)10-16(19-15)17(21)18-3/h4-7,9-10,20H,2,8H2,1,3H3,(H,18,21). The molecule has 2 rings (SSSR count). The number of rotatable bonds is 4. The highest BCUT2D eigenvalue weighted by atomic mass is 16.3. The van der Waals surface area contributed by atoms with Gasteiger partial charge in [0.15, 0.2) is 0 Å². The maximum atomic E-state index is 11.8. The Balaban J connectivity index is 2.37. The topological polar surface area (TPSA) is 62.2 Å². The Morgan fingerprint density at radius 3 is 2.52 bits per heavy atom. The number of aryl methyl sites for hydroxylation is 1. The van der Waals surface area contributed by atoms with Crippen molar-refractivity contribution >= 4 is 11.7 Å². The summed E-state index contributed by atoms with van der Waals surface area (Å²) < 4.78 is 0. The highest BCUT2D eigenvalue weighted by molar-refractivity contribution is 5.92. The van der Waals surface area contributed by atoms with Crippen molar-refractivity contribution in [2.24, 2.45) is 0 Å². The predicted molar refractivity (Wildman–Crippen MR) is 83.3 cm³/mol. The van der Waals surface area contributed by atoms with E-state index in [9.17, 15) is 9.90 Å². The van der Waals surface area contributed by atoms with Crippen LogP contribution in [0, 0.1) is 6.92 Å². The third kappa shape index (κ3) is 3.69. The third-order valence-electron chi connectivity index (χ3n) is 3.18. The van der Waals surface area contributed by atoms with Crippen molar-refractivity contribution in [2.75, 3.05) is 7.05 Å². The van der Waals surface area contributed by atoms with Gasteiger partial charge in [-0.2, -0.15) is 0 Å². The van der Waals surface area contributed by atoms with Gasteiger partial charge in [-0.3, -0.25) is 4.79 Å². The van der Waals surface area contributed by atoms with Crippen molar-refractivity contribution in [3.05, 3.63) is 71.1 Å². The normalized spacial score (nSPS) is 10.2. The lowest BCUT2D eigenvalue weighted by atomic mass is 10.0. The van der Waals surface area contributed by atoms with Crippen molar-refractivity contribution in [2.45, 2.75) is 13.3 Å². The van der Waals surface area contributed by atoms with Crippen LogP contribution in [0.1, 0.15) is 32.9 Å². The van der Waals surface area contributed by atoms with Crippen molar-refractivity contribution < 1.29 is 9.90 Å². The molecule has 0 aliphatic heterocycles. The van der Waals surface area contributed by atoms with Crippen LogP contribution in [0.2, 0.25) is 0 Å². The molecule has 4 nitrogen and oxygen atoms in total. The summed E-state index contributed by atoms with van der Waals surface area (Å²) in [4.78, 5) is 16.1. The maximum absolute atomic E-state index is 11.8. The number of aliphatic hydroxyl groups excluding tert-OH is 1. The van der Waals surface area contributed by atoms with E-state index in [1.165, 1.54) is 11.6 Å². The maximum Gasteiger partial charge on any atom is 0.269 e. The van der Waals surface area contributed by atoms with Crippen LogP contribution in [0.25, 0.3) is 5.76 Å². The van der Waals surface area contributed by atoms with Crippen LogP contribution >= 0.6 is 0 Å². The molecule has 0 aliphatic rings. The Morgan fingerprint density at radius 2 is 1.95 bits per heavy atom. The van der Waals surface area contributed by atoms with Crippen LogP contribution in [0.15, 0.2) is 43.0 Å². The molecule has 4 heteroatoms. The van der Waals surface area contributed by atoms with Crippen LogP contribution in [-0.2, 0) is 6.42 Å². The lowest BCUT2D eigenvalue weighted by Crippen LogP contribution is -2.20. The molecule has 0 aliphatic carbocycles. The fourth-order valence-corrected chi connectivity index (χ4v) is 2.00. The summed E-state index contributed by atoms with van der Waals surface area (Å²) in [7, 11) is 1.55. The molecule has 1 aromatic carbocycles. The van der Waals surface area contributed by atoms with E-state index in [1.807, 2.05) is 31.2 Å². The van der Waals surface area contributed by atoms with Crippen molar-refractivity contribution in [3.63, 3.8) is 0 Å². The molecule has 2 N–H and O–H groups in total. The number of benzene rings is 1. The van der Waals surface area contributed by atoms with Gasteiger partial charge in [-0.1, -0.05) is 36.4 Å². The zero-order valence-corrected chi connectivity index (χ0v) is 12.2. The van der Waals surface area contributed by atoms with Gasteiger partial charge in [-0.25, -0.2) is 4.98 Å². The molecular weight excluding hydrogens is 264 g/mol. The number of hydrogen-bond acceptors (Lipinski definition) is 3. The fraction of sp³-hybridized carbons (Fsp3) is 0.176. The number of carbonyl (C=O) groups is 1. The van der Waals surface area contributed by atoms with Crippen LogP contribution in [-0.4, -0.2) is 23.0 Å². The minimum atomic E-state index is -0.289. The van der Waals surface area contributed by atoms with Crippen LogP contribution in [0.4, 0.5) is 0 Å². The Bertz CT molecular complexity index is 676. The van der Waals surface area contributed by atoms with E-state index >= 15 is 0 Å². The molecule has 1 amide bonds. The van der Waals surface area contributed by atoms with Crippen molar-refractivity contribution in [1.82, 2.24) is 10.3 Å². The molecule has 1 heterocycles. The van der Waals surface area contributed by atoms with Crippen LogP contribution in [0.3, 0.4) is 0 Å². The summed E-state index contributed by atoms with van der Waals surface area (Å²) in [5.74, 6) is -0.365. The molecule has 2 aromatic rings. The lowest BCUT2D eigenvalue weighted by Gasteiger charge is -2.08. The van der Waals surface area contributed by atoms with Gasteiger partial charge >= 0.3 is 0 Å². The van der Waals surface area contributed by atoms with Gasteiger partial charge in [-0.15, -0.1) is 0 Å². The summed E-state index contributed by atoms with van der Waals surface area (Å²) >= 11 is 0. The molecule has 21 heavy (non-hydrogen) atoms. The Hall–Kier alpha value is -2.62. The molecule has 0 bridgehead atoms. The van der Waals surface area contributed by atoms with Gasteiger partial charge in [0.25, 0.3) is 5.91 Å². The number of amides is 1. The number of carbonyl (C=O) groups excluding carboxylic acids is 1. The molecule has 0 saturated heterocycles. The first-order valence-corrected chi connectivity index (χ1v) is 6.66. The zero-order valence-electron chi connectivity index (χ0n) is 12.2. The predicted octanol–water partition coefficient (Wildman–Crippen LogP) is 2.87. The number of aromatic nitrogens is 1. The third-order valence-corrected chi connectivity index (χ3v) is 3.18. The Kier molecular flexibility index (Phi) is 4.38. The molecule has 108 valence electrons. The molecule has 0 spiro atoms. The average molecular weight is 282 g/mol. The lowest BCUT2D eigenvalue weighted by molar-refractivity contribution is 0.0958. The number of pyridine rings is 1. The van der Waals surface area contributed by atoms with Gasteiger partial charge in [0.2, 0.25) is 0 Å². The smallest absolute Gasteiger partial charge is 0.269 e. The SMILES string of the molecule is C=C(O)c1cc(Cc2ccc(C)cc2)nc(C(=O)NC)c1. The molecule has 0 radical (unpaired) electrons. The summed E-state index contributed by atoms with van der Waals surface area (Å²) in [6.07, 6.45) is 0.589. The average Bonchev–Trinajstić information content (AvgIpc) is 2.48. The quantitative estimate of drug-likeness (QED) is 0.848. The zero-order chi connectivity index (χ0) is 15.4. The molecule has 1 aromatic heterocycles. The largest absolute Gasteiger partial charge is 0.508 e. The molecular formula is C17H18N2O2. The Labute approximate surface area is 124 Å². The summed E-state index contributed by atoms with van der Waals surface area (Å²) in [5, 5.41) is 12.1. The fourth-order valence-electron chi connectivity index (χ4n) is 2.00. The van der Waals surface area contributed by atoms with Gasteiger partial charge < -0.3 is 10.4 Å². The second-order valence-electron chi connectivity index (χ2n) is 4.92. The molecule has 0 fully saturated rings. The molecule has 0 saturated carbocycles. The first-order valence-electron chi connectivity index (χ1n) is 6.66. The van der Waals surface area contributed by atoms with E-state index in [0.29, 0.717) is 17.7 Å². The summed E-state index contributed by atoms with van der Waals surface area (Å²) in [6.45, 7) is 5.54. The highest BCUT2D eigenvalue weighted by Crippen LogP contribution is 2.16. The first kappa shape index (κ1) is 14.8. The number of nitrogens with zero attached hydrogens (tertiary/aromatic N) is 1. The van der Waals surface area contributed by atoms with Crippen molar-refractivity contribution in [3.8, 4) is 0 Å². The van der Waals surface area contributed by atoms with Gasteiger partial charge in [0.05, 0.1) is 0 Å². The minimum absolute atomic E-state index is 0.0762. The van der Waals surface area contributed by atoms with Crippen molar-refractivity contribution in [1.29, 1.82) is 0 Å². The van der Waals surface area contributed by atoms with Gasteiger partial charge in [-0.05, 0) is 24.6 Å². The summed E-state index contributed by atoms with van der Waals surface area (Å²) in [6, 6.07) is 11.4. The van der Waals surface area contributed by atoms with E-state index in [4.69, 9.17) is 0 Å². The number of hydrogen-bond donors (Lipinski definition) is 2. The number of nitrogens with one attached hydrogen (secondary N) is 1. The van der Waals surface area contributed by atoms with E-state index in [0.717, 1.165) is 5.56 Å². The van der Waals surface area contributed by atoms with Crippen LogP contribution in [0.5, 0.6) is 0 Å². The van der Waals surface area contributed by atoms with E-state index in [2.05, 4.69) is 16.9 Å². The highest BCUT2D eigenvalue weighted by Gasteiger charge is 2.11. The first-order chi connectivity index (χ1) is 9.99. The second kappa shape index (κ2) is 6.22.